The van der Waals surface area contributed by atoms with Crippen LogP contribution in [0.2, 0.25) is 0 Å². The summed E-state index contributed by atoms with van der Waals surface area (Å²) in [7, 11) is 1.78. The topological polar surface area (TPSA) is 105 Å². The normalized spacial score (nSPS) is 13.6. The highest BCUT2D eigenvalue weighted by atomic mass is 19.1. The number of halogens is 1. The lowest BCUT2D eigenvalue weighted by molar-refractivity contribution is -0.106. The zero-order valence-electron chi connectivity index (χ0n) is 22.6. The molecule has 5 rings (SSSR count). The number of imidazole rings is 1. The number of amides is 1. The Bertz CT molecular complexity index is 1280. The van der Waals surface area contributed by atoms with E-state index in [-0.39, 0.29) is 17.8 Å². The van der Waals surface area contributed by atoms with E-state index in [2.05, 4.69) is 30.6 Å². The molecule has 1 aliphatic heterocycles. The summed E-state index contributed by atoms with van der Waals surface area (Å²) >= 11 is 0. The van der Waals surface area contributed by atoms with Gasteiger partial charge < -0.3 is 20.3 Å². The van der Waals surface area contributed by atoms with Crippen molar-refractivity contribution in [1.29, 1.82) is 0 Å². The minimum absolute atomic E-state index is 0.0731. The second-order valence-electron chi connectivity index (χ2n) is 7.96. The molecule has 202 valence electrons. The number of aromatic nitrogens is 4. The van der Waals surface area contributed by atoms with Crippen LogP contribution in [0.25, 0.3) is 5.65 Å². The van der Waals surface area contributed by atoms with Crippen molar-refractivity contribution in [2.45, 2.75) is 40.2 Å². The minimum Gasteiger partial charge on any atom is -0.373 e. The van der Waals surface area contributed by atoms with Gasteiger partial charge >= 0.3 is 0 Å². The highest BCUT2D eigenvalue weighted by Crippen LogP contribution is 2.19. The molecule has 4 aromatic rings. The van der Waals surface area contributed by atoms with Gasteiger partial charge in [-0.1, -0.05) is 38.1 Å². The number of hydrogen-bond donors (Lipinski definition) is 2. The van der Waals surface area contributed by atoms with E-state index in [0.717, 1.165) is 43.0 Å². The molecule has 3 aromatic heterocycles. The second-order valence-corrected chi connectivity index (χ2v) is 7.96. The van der Waals surface area contributed by atoms with Gasteiger partial charge in [-0.15, -0.1) is 5.10 Å². The fourth-order valence-corrected chi connectivity index (χ4v) is 3.61. The maximum atomic E-state index is 12.4. The van der Waals surface area contributed by atoms with E-state index >= 15 is 0 Å². The largest absolute Gasteiger partial charge is 0.373 e. The molecule has 0 spiro atoms. The Morgan fingerprint density at radius 2 is 1.79 bits per heavy atom. The van der Waals surface area contributed by atoms with Crippen LogP contribution in [0.4, 0.5) is 16.0 Å². The average molecular weight is 522 g/mol. The molecule has 1 saturated heterocycles. The molecule has 0 unspecified atom stereocenters. The number of aldehydes is 1. The molecule has 4 heterocycles. The van der Waals surface area contributed by atoms with Crippen LogP contribution in [0, 0.1) is 12.7 Å². The molecule has 1 atom stereocenters. The van der Waals surface area contributed by atoms with E-state index in [1.807, 2.05) is 55.7 Å². The van der Waals surface area contributed by atoms with Crippen LogP contribution in [0.5, 0.6) is 0 Å². The fraction of sp³-hybridized carbons (Fsp3) is 0.321. The molecule has 0 aliphatic carbocycles. The standard InChI is InChI=1S/C18H21N7O.C6H5F.C2H4O.C2H6/c1-12-10-20-16-6-7-17(23-25(12)16)24-9-8-13(11-24)21-18(26)14-4-3-5-15(19-2)22-14;7-6-4-2-1-3-5-6;1-2-3;1-2/h3-7,10,13H,8-9,11H2,1-2H3,(H,19,22)(H,21,26);1-5H;2H,1H3;1-2H3/t13-;;;/m0.../s1. The van der Waals surface area contributed by atoms with Gasteiger partial charge in [0.25, 0.3) is 5.91 Å². The Kier molecular flexibility index (Phi) is 12.4. The maximum absolute atomic E-state index is 12.4. The number of anilines is 2. The highest BCUT2D eigenvalue weighted by Gasteiger charge is 2.26. The molecule has 2 N–H and O–H groups in total. The maximum Gasteiger partial charge on any atom is 0.270 e. The molecule has 1 amide bonds. The van der Waals surface area contributed by atoms with Gasteiger partial charge in [0.1, 0.15) is 29.4 Å². The fourth-order valence-electron chi connectivity index (χ4n) is 3.61. The minimum atomic E-state index is -0.178. The summed E-state index contributed by atoms with van der Waals surface area (Å²) in [6.45, 7) is 9.00. The first-order chi connectivity index (χ1) is 18.4. The number of fused-ring (bicyclic) bond motifs is 1. The molecule has 1 aliphatic rings. The van der Waals surface area contributed by atoms with Crippen molar-refractivity contribution in [3.8, 4) is 0 Å². The zero-order chi connectivity index (χ0) is 27.9. The van der Waals surface area contributed by atoms with Crippen molar-refractivity contribution in [2.24, 2.45) is 0 Å². The molecule has 0 bridgehead atoms. The number of pyridine rings is 1. The molecule has 0 saturated carbocycles. The number of nitrogens with one attached hydrogen (secondary N) is 2. The molecular formula is C28H36FN7O2. The molecule has 0 radical (unpaired) electrons. The Balaban J connectivity index is 0.000000355. The van der Waals surface area contributed by atoms with E-state index in [1.54, 1.807) is 31.3 Å². The molecule has 1 fully saturated rings. The summed E-state index contributed by atoms with van der Waals surface area (Å²) in [4.78, 5) is 32.0. The number of aryl methyl sites for hydroxylation is 1. The Labute approximate surface area is 223 Å². The van der Waals surface area contributed by atoms with Crippen LogP contribution >= 0.6 is 0 Å². The van der Waals surface area contributed by atoms with Gasteiger partial charge in [-0.2, -0.15) is 0 Å². The van der Waals surface area contributed by atoms with E-state index in [9.17, 15) is 9.18 Å². The van der Waals surface area contributed by atoms with Gasteiger partial charge in [0, 0.05) is 26.2 Å². The Morgan fingerprint density at radius 3 is 2.42 bits per heavy atom. The summed E-state index contributed by atoms with van der Waals surface area (Å²) < 4.78 is 13.7. The lowest BCUT2D eigenvalue weighted by Crippen LogP contribution is -2.37. The number of carbonyl (C=O) groups excluding carboxylic acids is 2. The third-order valence-corrected chi connectivity index (χ3v) is 5.34. The SMILES string of the molecule is CC.CC=O.CNc1cccc(C(=O)N[C@H]2CCN(c3ccc4ncc(C)n4n3)C2)n1.Fc1ccccc1. The van der Waals surface area contributed by atoms with Gasteiger partial charge in [0.15, 0.2) is 5.65 Å². The van der Waals surface area contributed by atoms with Gasteiger partial charge in [-0.05, 0) is 56.7 Å². The first kappa shape index (κ1) is 29.9. The van der Waals surface area contributed by atoms with Crippen molar-refractivity contribution in [3.05, 3.63) is 84.1 Å². The van der Waals surface area contributed by atoms with Gasteiger partial charge in [-0.3, -0.25) is 4.79 Å². The summed E-state index contributed by atoms with van der Waals surface area (Å²) in [6.07, 6.45) is 3.44. The van der Waals surface area contributed by atoms with Crippen molar-refractivity contribution < 1.29 is 14.0 Å². The van der Waals surface area contributed by atoms with E-state index in [4.69, 9.17) is 4.79 Å². The molecule has 10 heteroatoms. The summed E-state index contributed by atoms with van der Waals surface area (Å²) in [5.41, 5.74) is 2.26. The van der Waals surface area contributed by atoms with Crippen molar-refractivity contribution >= 4 is 29.5 Å². The van der Waals surface area contributed by atoms with Gasteiger partial charge in [-0.25, -0.2) is 18.9 Å². The van der Waals surface area contributed by atoms with Crippen molar-refractivity contribution in [1.82, 2.24) is 24.9 Å². The molecule has 1 aromatic carbocycles. The average Bonchev–Trinajstić information content (AvgIpc) is 3.57. The Hall–Kier alpha value is -4.34. The van der Waals surface area contributed by atoms with Crippen LogP contribution in [0.15, 0.2) is 66.9 Å². The number of hydrogen-bond acceptors (Lipinski definition) is 7. The lowest BCUT2D eigenvalue weighted by atomic mass is 10.2. The summed E-state index contributed by atoms with van der Waals surface area (Å²) in [5, 5.41) is 10.7. The summed E-state index contributed by atoms with van der Waals surface area (Å²) in [6, 6.07) is 17.3. The second kappa shape index (κ2) is 15.7. The van der Waals surface area contributed by atoms with Crippen LogP contribution in [0.3, 0.4) is 0 Å². The highest BCUT2D eigenvalue weighted by molar-refractivity contribution is 5.92. The van der Waals surface area contributed by atoms with Gasteiger partial charge in [0.05, 0.1) is 11.9 Å². The zero-order valence-corrected chi connectivity index (χ0v) is 22.6. The van der Waals surface area contributed by atoms with Crippen molar-refractivity contribution in [3.63, 3.8) is 0 Å². The van der Waals surface area contributed by atoms with Gasteiger partial charge in [0.2, 0.25) is 0 Å². The molecule has 38 heavy (non-hydrogen) atoms. The van der Waals surface area contributed by atoms with E-state index < -0.39 is 0 Å². The van der Waals surface area contributed by atoms with Crippen LogP contribution in [-0.2, 0) is 4.79 Å². The Morgan fingerprint density at radius 1 is 1.08 bits per heavy atom. The number of rotatable bonds is 4. The van der Waals surface area contributed by atoms with Crippen LogP contribution < -0.4 is 15.5 Å². The number of benzene rings is 1. The predicted octanol–water partition coefficient (Wildman–Crippen LogP) is 4.54. The monoisotopic (exact) mass is 521 g/mol. The van der Waals surface area contributed by atoms with Crippen LogP contribution in [-0.4, -0.2) is 58.0 Å². The quantitative estimate of drug-likeness (QED) is 0.380. The molecular weight excluding hydrogens is 485 g/mol. The smallest absolute Gasteiger partial charge is 0.270 e. The first-order valence-corrected chi connectivity index (χ1v) is 12.6. The summed E-state index contributed by atoms with van der Waals surface area (Å²) in [5.74, 6) is 1.25. The van der Waals surface area contributed by atoms with Crippen molar-refractivity contribution in [2.75, 3.05) is 30.4 Å². The predicted molar refractivity (Wildman–Crippen MR) is 149 cm³/mol. The number of carbonyl (C=O) groups is 2. The lowest BCUT2D eigenvalue weighted by Gasteiger charge is -2.18. The molecule has 9 nitrogen and oxygen atoms in total. The van der Waals surface area contributed by atoms with E-state index in [1.165, 1.54) is 19.1 Å². The first-order valence-electron chi connectivity index (χ1n) is 12.6. The third-order valence-electron chi connectivity index (χ3n) is 5.34. The third kappa shape index (κ3) is 8.65. The van der Waals surface area contributed by atoms with Crippen LogP contribution in [0.1, 0.15) is 43.4 Å². The number of nitrogens with zero attached hydrogens (tertiary/aromatic N) is 5. The van der Waals surface area contributed by atoms with E-state index in [0.29, 0.717) is 11.5 Å².